The van der Waals surface area contributed by atoms with E-state index in [1.165, 1.54) is 6.08 Å². The lowest BCUT2D eigenvalue weighted by Gasteiger charge is -2.07. The average molecular weight is 442 g/mol. The molecule has 0 aliphatic heterocycles. The number of amides is 3. The van der Waals surface area contributed by atoms with Gasteiger partial charge in [-0.25, -0.2) is 0 Å². The van der Waals surface area contributed by atoms with Crippen molar-refractivity contribution in [2.24, 2.45) is 0 Å². The molecule has 3 rings (SSSR count). The summed E-state index contributed by atoms with van der Waals surface area (Å²) in [6.07, 6.45) is 1.30. The summed E-state index contributed by atoms with van der Waals surface area (Å²) in [5.41, 5.74) is 3.03. The first kappa shape index (κ1) is 23.0. The lowest BCUT2D eigenvalue weighted by atomic mass is 10.1. The predicted octanol–water partition coefficient (Wildman–Crippen LogP) is 3.70. The van der Waals surface area contributed by atoms with Crippen LogP contribution >= 0.6 is 0 Å². The zero-order valence-corrected chi connectivity index (χ0v) is 18.1. The molecule has 0 bridgehead atoms. The van der Waals surface area contributed by atoms with Crippen molar-refractivity contribution in [1.82, 2.24) is 5.32 Å². The summed E-state index contributed by atoms with van der Waals surface area (Å²) in [6, 6.07) is 19.1. The highest BCUT2D eigenvalue weighted by atomic mass is 16.3. The van der Waals surface area contributed by atoms with E-state index in [4.69, 9.17) is 4.42 Å². The number of hydrogen-bond donors (Lipinski definition) is 3. The molecule has 1 heterocycles. The number of hydrogen-bond acceptors (Lipinski definition) is 5. The normalized spacial score (nSPS) is 10.8. The van der Waals surface area contributed by atoms with Crippen molar-refractivity contribution >= 4 is 35.2 Å². The number of anilines is 2. The van der Waals surface area contributed by atoms with Gasteiger partial charge in [0.05, 0.1) is 6.54 Å². The van der Waals surface area contributed by atoms with Gasteiger partial charge in [-0.2, -0.15) is 5.26 Å². The molecule has 2 aromatic carbocycles. The molecule has 0 unspecified atom stereocenters. The van der Waals surface area contributed by atoms with Crippen LogP contribution in [0, 0.1) is 25.2 Å². The van der Waals surface area contributed by atoms with Gasteiger partial charge in [0.15, 0.2) is 0 Å². The van der Waals surface area contributed by atoms with Crippen molar-refractivity contribution in [1.29, 1.82) is 5.26 Å². The zero-order valence-electron chi connectivity index (χ0n) is 18.1. The number of nitrogens with one attached hydrogen (secondary N) is 3. The molecule has 0 aliphatic carbocycles. The minimum atomic E-state index is -0.818. The van der Waals surface area contributed by atoms with E-state index >= 15 is 0 Å². The number of carbonyl (C=O) groups excluding carboxylic acids is 3. The summed E-state index contributed by atoms with van der Waals surface area (Å²) in [5, 5.41) is 17.0. The van der Waals surface area contributed by atoms with E-state index in [0.717, 1.165) is 11.1 Å². The molecule has 0 aliphatic rings. The molecule has 0 saturated carbocycles. The molecule has 166 valence electrons. The van der Waals surface area contributed by atoms with E-state index in [1.54, 1.807) is 48.5 Å². The first-order chi connectivity index (χ1) is 15.9. The number of carbonyl (C=O) groups is 3. The van der Waals surface area contributed by atoms with Gasteiger partial charge >= 0.3 is 11.8 Å². The van der Waals surface area contributed by atoms with Crippen molar-refractivity contribution < 1.29 is 18.8 Å². The SMILES string of the molecule is Cc1ccc(NC(=O)C(=O)NCc2ccc(/C=C(/C#N)C(=O)Nc3ccccc3)o2)cc1C. The molecule has 0 fully saturated rings. The van der Waals surface area contributed by atoms with E-state index < -0.39 is 17.7 Å². The number of benzene rings is 2. The van der Waals surface area contributed by atoms with Crippen molar-refractivity contribution in [2.45, 2.75) is 20.4 Å². The number of rotatable bonds is 6. The first-order valence-electron chi connectivity index (χ1n) is 10.1. The Morgan fingerprint density at radius 1 is 0.879 bits per heavy atom. The van der Waals surface area contributed by atoms with E-state index in [-0.39, 0.29) is 17.9 Å². The Labute approximate surface area is 190 Å². The van der Waals surface area contributed by atoms with Crippen molar-refractivity contribution in [3.05, 3.63) is 88.9 Å². The maximum atomic E-state index is 12.3. The van der Waals surface area contributed by atoms with Crippen LogP contribution in [0.3, 0.4) is 0 Å². The van der Waals surface area contributed by atoms with Gasteiger partial charge in [-0.3, -0.25) is 14.4 Å². The zero-order chi connectivity index (χ0) is 23.8. The maximum Gasteiger partial charge on any atom is 0.313 e. The second kappa shape index (κ2) is 10.6. The van der Waals surface area contributed by atoms with Crippen molar-refractivity contribution in [3.8, 4) is 6.07 Å². The quantitative estimate of drug-likeness (QED) is 0.305. The Bertz CT molecular complexity index is 1250. The second-order valence-electron chi connectivity index (χ2n) is 7.23. The van der Waals surface area contributed by atoms with Crippen molar-refractivity contribution in [3.63, 3.8) is 0 Å². The van der Waals surface area contributed by atoms with Gasteiger partial charge in [0.1, 0.15) is 23.2 Å². The second-order valence-corrected chi connectivity index (χ2v) is 7.23. The van der Waals surface area contributed by atoms with E-state index in [1.807, 2.05) is 32.0 Å². The maximum absolute atomic E-state index is 12.3. The summed E-state index contributed by atoms with van der Waals surface area (Å²) in [4.78, 5) is 36.5. The van der Waals surface area contributed by atoms with Crippen LogP contribution in [-0.4, -0.2) is 17.7 Å². The summed E-state index contributed by atoms with van der Waals surface area (Å²) in [7, 11) is 0. The molecule has 0 saturated heterocycles. The van der Waals surface area contributed by atoms with E-state index in [9.17, 15) is 19.6 Å². The highest BCUT2D eigenvalue weighted by molar-refractivity contribution is 6.39. The fraction of sp³-hybridized carbons (Fsp3) is 0.120. The topological polar surface area (TPSA) is 124 Å². The molecule has 8 heteroatoms. The molecule has 0 atom stereocenters. The fourth-order valence-corrected chi connectivity index (χ4v) is 2.83. The summed E-state index contributed by atoms with van der Waals surface area (Å²) in [6.45, 7) is 3.83. The number of nitriles is 1. The van der Waals surface area contributed by atoms with Crippen LogP contribution in [0.1, 0.15) is 22.6 Å². The summed E-state index contributed by atoms with van der Waals surface area (Å²) >= 11 is 0. The Balaban J connectivity index is 1.56. The van der Waals surface area contributed by atoms with Gasteiger partial charge in [-0.1, -0.05) is 24.3 Å². The van der Waals surface area contributed by atoms with Gasteiger partial charge in [0.2, 0.25) is 0 Å². The first-order valence-corrected chi connectivity index (χ1v) is 10.1. The van der Waals surface area contributed by atoms with Gasteiger partial charge < -0.3 is 20.4 Å². The Morgan fingerprint density at radius 3 is 2.30 bits per heavy atom. The highest BCUT2D eigenvalue weighted by Gasteiger charge is 2.15. The van der Waals surface area contributed by atoms with Gasteiger partial charge in [-0.15, -0.1) is 0 Å². The van der Waals surface area contributed by atoms with Crippen LogP contribution in [0.15, 0.2) is 70.7 Å². The minimum absolute atomic E-state index is 0.0366. The van der Waals surface area contributed by atoms with Crippen LogP contribution in [-0.2, 0) is 20.9 Å². The molecule has 1 aromatic heterocycles. The lowest BCUT2D eigenvalue weighted by Crippen LogP contribution is -2.34. The molecule has 33 heavy (non-hydrogen) atoms. The van der Waals surface area contributed by atoms with Crippen molar-refractivity contribution in [2.75, 3.05) is 10.6 Å². The third kappa shape index (κ3) is 6.42. The number of nitrogens with zero attached hydrogens (tertiary/aromatic N) is 1. The van der Waals surface area contributed by atoms with Crippen LogP contribution in [0.2, 0.25) is 0 Å². The molecular formula is C25H22N4O4. The number of para-hydroxylation sites is 1. The van der Waals surface area contributed by atoms with Crippen LogP contribution in [0.5, 0.6) is 0 Å². The third-order valence-corrected chi connectivity index (χ3v) is 4.76. The molecule has 3 N–H and O–H groups in total. The lowest BCUT2D eigenvalue weighted by molar-refractivity contribution is -0.136. The molecule has 8 nitrogen and oxygen atoms in total. The molecule has 0 radical (unpaired) electrons. The largest absolute Gasteiger partial charge is 0.460 e. The number of furan rings is 1. The number of aryl methyl sites for hydroxylation is 2. The van der Waals surface area contributed by atoms with Gasteiger partial charge in [0, 0.05) is 17.5 Å². The molecule has 3 aromatic rings. The Morgan fingerprint density at radius 2 is 1.61 bits per heavy atom. The predicted molar refractivity (Wildman–Crippen MR) is 124 cm³/mol. The summed E-state index contributed by atoms with van der Waals surface area (Å²) < 4.78 is 5.54. The minimum Gasteiger partial charge on any atom is -0.460 e. The fourth-order valence-electron chi connectivity index (χ4n) is 2.83. The van der Waals surface area contributed by atoms with Gasteiger partial charge in [-0.05, 0) is 61.4 Å². The van der Waals surface area contributed by atoms with Crippen LogP contribution in [0.4, 0.5) is 11.4 Å². The molecule has 3 amide bonds. The highest BCUT2D eigenvalue weighted by Crippen LogP contribution is 2.15. The van der Waals surface area contributed by atoms with Gasteiger partial charge in [0.25, 0.3) is 5.91 Å². The average Bonchev–Trinajstić information content (AvgIpc) is 3.26. The molecule has 0 spiro atoms. The van der Waals surface area contributed by atoms with E-state index in [0.29, 0.717) is 17.1 Å². The Hall–Kier alpha value is -4.64. The summed E-state index contributed by atoms with van der Waals surface area (Å²) in [5.74, 6) is -1.57. The van der Waals surface area contributed by atoms with Crippen LogP contribution < -0.4 is 16.0 Å². The monoisotopic (exact) mass is 442 g/mol. The van der Waals surface area contributed by atoms with E-state index in [2.05, 4.69) is 16.0 Å². The van der Waals surface area contributed by atoms with Crippen LogP contribution in [0.25, 0.3) is 6.08 Å². The Kier molecular flexibility index (Phi) is 7.39. The molecular weight excluding hydrogens is 420 g/mol. The standard InChI is InChI=1S/C25H22N4O4/c1-16-8-9-20(12-17(16)2)29-25(32)24(31)27-15-22-11-10-21(33-22)13-18(14-26)23(30)28-19-6-4-3-5-7-19/h3-13H,15H2,1-2H3,(H,27,31)(H,28,30)(H,29,32)/b18-13-. The smallest absolute Gasteiger partial charge is 0.313 e. The third-order valence-electron chi connectivity index (χ3n) is 4.76.